The Morgan fingerprint density at radius 2 is 1.87 bits per heavy atom. The number of anilines is 1. The van der Waals surface area contributed by atoms with Crippen LogP contribution in [0.15, 0.2) is 60.7 Å². The van der Waals surface area contributed by atoms with Crippen molar-refractivity contribution in [1.82, 2.24) is 5.32 Å². The first-order chi connectivity index (χ1) is 15.0. The average molecular weight is 435 g/mol. The van der Waals surface area contributed by atoms with Crippen molar-refractivity contribution in [3.05, 3.63) is 71.1 Å². The minimum absolute atomic E-state index is 0.222. The van der Waals surface area contributed by atoms with Gasteiger partial charge in [-0.2, -0.15) is 0 Å². The van der Waals surface area contributed by atoms with Crippen molar-refractivity contribution in [2.75, 3.05) is 11.9 Å². The summed E-state index contributed by atoms with van der Waals surface area (Å²) >= 11 is 1.39. The molecule has 31 heavy (non-hydrogen) atoms. The molecule has 2 aromatic carbocycles. The zero-order valence-electron chi connectivity index (χ0n) is 17.0. The lowest BCUT2D eigenvalue weighted by Crippen LogP contribution is -2.22. The zero-order chi connectivity index (χ0) is 21.8. The van der Waals surface area contributed by atoms with E-state index in [1.807, 2.05) is 55.5 Å². The van der Waals surface area contributed by atoms with Gasteiger partial charge in [-0.15, -0.1) is 11.3 Å². The Labute approximate surface area is 184 Å². The molecule has 0 saturated carbocycles. The van der Waals surface area contributed by atoms with Gasteiger partial charge in [-0.3, -0.25) is 19.7 Å². The van der Waals surface area contributed by atoms with E-state index in [1.165, 1.54) is 11.3 Å². The Kier molecular flexibility index (Phi) is 6.13. The van der Waals surface area contributed by atoms with Gasteiger partial charge >= 0.3 is 0 Å². The van der Waals surface area contributed by atoms with E-state index < -0.39 is 0 Å². The summed E-state index contributed by atoms with van der Waals surface area (Å²) in [6, 6.07) is 19.1. The lowest BCUT2D eigenvalue weighted by atomic mass is 9.98. The van der Waals surface area contributed by atoms with Crippen molar-refractivity contribution in [2.45, 2.75) is 19.8 Å². The molecule has 3 aromatic rings. The molecule has 1 aliphatic rings. The van der Waals surface area contributed by atoms with Crippen molar-refractivity contribution in [2.24, 2.45) is 5.92 Å². The molecular weight excluding hydrogens is 412 g/mol. The number of hydrogen-bond acceptors (Lipinski definition) is 5. The van der Waals surface area contributed by atoms with Crippen molar-refractivity contribution < 1.29 is 19.1 Å². The summed E-state index contributed by atoms with van der Waals surface area (Å²) in [6.45, 7) is 2.36. The van der Waals surface area contributed by atoms with E-state index in [1.54, 1.807) is 12.1 Å². The second-order valence-corrected chi connectivity index (χ2v) is 8.32. The number of ether oxygens (including phenoxy) is 1. The Morgan fingerprint density at radius 1 is 1.13 bits per heavy atom. The predicted octanol–water partition coefficient (Wildman–Crippen LogP) is 4.27. The molecule has 2 N–H and O–H groups in total. The number of hydrogen-bond donors (Lipinski definition) is 2. The largest absolute Gasteiger partial charge is 0.492 e. The molecule has 1 fully saturated rings. The topological polar surface area (TPSA) is 84.5 Å². The van der Waals surface area contributed by atoms with Crippen molar-refractivity contribution in [1.29, 1.82) is 0 Å². The monoisotopic (exact) mass is 434 g/mol. The third-order valence-corrected chi connectivity index (χ3v) is 6.19. The standard InChI is InChI=1S/C24H22N2O4S/c1-2-30-19-14-20(16-6-4-3-5-7-16)31-22(19)24(29)25-18-10-8-15(9-11-18)12-17-13-21(27)26-23(17)28/h3-11,14,17H,2,12-13H2,1H3,(H,25,29)(H,26,27,28)/t17-/m1/s1. The molecule has 0 radical (unpaired) electrons. The molecule has 3 amide bonds. The first-order valence-electron chi connectivity index (χ1n) is 10.1. The van der Waals surface area contributed by atoms with Gasteiger partial charge in [0.1, 0.15) is 10.6 Å². The molecule has 7 heteroatoms. The maximum Gasteiger partial charge on any atom is 0.269 e. The molecule has 0 bridgehead atoms. The highest BCUT2D eigenvalue weighted by atomic mass is 32.1. The number of benzene rings is 2. The van der Waals surface area contributed by atoms with Crippen LogP contribution in [0.25, 0.3) is 10.4 Å². The minimum Gasteiger partial charge on any atom is -0.492 e. The summed E-state index contributed by atoms with van der Waals surface area (Å²) < 4.78 is 5.69. The minimum atomic E-state index is -0.329. The number of thiophene rings is 1. The Balaban J connectivity index is 1.47. The van der Waals surface area contributed by atoms with Gasteiger partial charge in [0.05, 0.1) is 12.5 Å². The fourth-order valence-corrected chi connectivity index (χ4v) is 4.51. The highest BCUT2D eigenvalue weighted by Crippen LogP contribution is 2.36. The second-order valence-electron chi connectivity index (χ2n) is 7.27. The average Bonchev–Trinajstić information content (AvgIpc) is 3.33. The summed E-state index contributed by atoms with van der Waals surface area (Å²) in [5.41, 5.74) is 2.62. The smallest absolute Gasteiger partial charge is 0.269 e. The van der Waals surface area contributed by atoms with Crippen LogP contribution in [0.2, 0.25) is 0 Å². The normalized spacial score (nSPS) is 15.6. The van der Waals surface area contributed by atoms with Crippen molar-refractivity contribution in [3.8, 4) is 16.2 Å². The van der Waals surface area contributed by atoms with E-state index in [-0.39, 0.29) is 30.1 Å². The van der Waals surface area contributed by atoms with Gasteiger partial charge in [-0.1, -0.05) is 42.5 Å². The maximum absolute atomic E-state index is 12.9. The van der Waals surface area contributed by atoms with Crippen LogP contribution in [-0.2, 0) is 16.0 Å². The van der Waals surface area contributed by atoms with Crippen LogP contribution in [0.3, 0.4) is 0 Å². The van der Waals surface area contributed by atoms with Crippen LogP contribution < -0.4 is 15.4 Å². The van der Waals surface area contributed by atoms with E-state index in [2.05, 4.69) is 10.6 Å². The third kappa shape index (κ3) is 4.83. The Bertz CT molecular complexity index is 1110. The predicted molar refractivity (Wildman–Crippen MR) is 120 cm³/mol. The summed E-state index contributed by atoms with van der Waals surface area (Å²) in [4.78, 5) is 37.5. The van der Waals surface area contributed by atoms with Crippen molar-refractivity contribution >= 4 is 34.7 Å². The number of carbonyl (C=O) groups is 3. The first kappa shape index (κ1) is 20.8. The molecule has 4 rings (SSSR count). The van der Waals surface area contributed by atoms with Crippen LogP contribution >= 0.6 is 11.3 Å². The van der Waals surface area contributed by atoms with E-state index >= 15 is 0 Å². The van der Waals surface area contributed by atoms with Crippen LogP contribution in [0.1, 0.15) is 28.6 Å². The van der Waals surface area contributed by atoms with Gasteiger partial charge in [0.15, 0.2) is 0 Å². The van der Waals surface area contributed by atoms with E-state index in [9.17, 15) is 14.4 Å². The van der Waals surface area contributed by atoms with Crippen LogP contribution in [-0.4, -0.2) is 24.3 Å². The number of nitrogens with one attached hydrogen (secondary N) is 2. The van der Waals surface area contributed by atoms with Crippen LogP contribution in [0.4, 0.5) is 5.69 Å². The molecule has 1 atom stereocenters. The lowest BCUT2D eigenvalue weighted by Gasteiger charge is -2.09. The summed E-state index contributed by atoms with van der Waals surface area (Å²) in [5, 5.41) is 5.24. The molecular formula is C24H22N2O4S. The molecule has 1 saturated heterocycles. The number of imide groups is 1. The SMILES string of the molecule is CCOc1cc(-c2ccccc2)sc1C(=O)Nc1ccc(C[C@@H]2CC(=O)NC2=O)cc1. The van der Waals surface area contributed by atoms with Gasteiger partial charge in [-0.25, -0.2) is 0 Å². The van der Waals surface area contributed by atoms with Gasteiger partial charge < -0.3 is 10.1 Å². The first-order valence-corrected chi connectivity index (χ1v) is 10.9. The summed E-state index contributed by atoms with van der Waals surface area (Å²) in [5.74, 6) is -0.446. The molecule has 0 aliphatic carbocycles. The lowest BCUT2D eigenvalue weighted by molar-refractivity contribution is -0.125. The molecule has 1 aromatic heterocycles. The molecule has 2 heterocycles. The molecule has 1 aliphatic heterocycles. The van der Waals surface area contributed by atoms with E-state index in [0.717, 1.165) is 16.0 Å². The zero-order valence-corrected chi connectivity index (χ0v) is 17.8. The maximum atomic E-state index is 12.9. The molecule has 158 valence electrons. The fraction of sp³-hybridized carbons (Fsp3) is 0.208. The summed E-state index contributed by atoms with van der Waals surface area (Å²) in [6.07, 6.45) is 0.714. The number of rotatable bonds is 7. The third-order valence-electron chi connectivity index (χ3n) is 5.02. The highest BCUT2D eigenvalue weighted by Gasteiger charge is 2.30. The van der Waals surface area contributed by atoms with Gasteiger partial charge in [0.25, 0.3) is 5.91 Å². The van der Waals surface area contributed by atoms with Gasteiger partial charge in [0, 0.05) is 17.0 Å². The van der Waals surface area contributed by atoms with Gasteiger partial charge in [-0.05, 0) is 42.7 Å². The number of amides is 3. The number of carbonyl (C=O) groups excluding carboxylic acids is 3. The molecule has 0 spiro atoms. The van der Waals surface area contributed by atoms with E-state index in [4.69, 9.17) is 4.74 Å². The van der Waals surface area contributed by atoms with Gasteiger partial charge in [0.2, 0.25) is 11.8 Å². The Morgan fingerprint density at radius 3 is 2.52 bits per heavy atom. The van der Waals surface area contributed by atoms with Crippen LogP contribution in [0, 0.1) is 5.92 Å². The fourth-order valence-electron chi connectivity index (χ4n) is 3.51. The van der Waals surface area contributed by atoms with Crippen molar-refractivity contribution in [3.63, 3.8) is 0 Å². The van der Waals surface area contributed by atoms with Crippen LogP contribution in [0.5, 0.6) is 5.75 Å². The molecule has 6 nitrogen and oxygen atoms in total. The highest BCUT2D eigenvalue weighted by molar-refractivity contribution is 7.17. The summed E-state index contributed by atoms with van der Waals surface area (Å²) in [7, 11) is 0. The quantitative estimate of drug-likeness (QED) is 0.544. The second kappa shape index (κ2) is 9.14. The molecule has 0 unspecified atom stereocenters. The van der Waals surface area contributed by atoms with E-state index in [0.29, 0.717) is 29.3 Å². The Hall–Kier alpha value is -3.45.